The van der Waals surface area contributed by atoms with Crippen molar-refractivity contribution in [2.24, 2.45) is 0 Å². The average Bonchev–Trinajstić information content (AvgIpc) is 2.09. The van der Waals surface area contributed by atoms with E-state index in [1.807, 2.05) is 6.92 Å². The molecule has 0 bridgehead atoms. The smallest absolute Gasteiger partial charge is 0.270 e. The molecule has 0 aromatic carbocycles. The minimum atomic E-state index is -2.63. The first-order chi connectivity index (χ1) is 5.62. The first-order valence-corrected chi connectivity index (χ1v) is 3.95. The van der Waals surface area contributed by atoms with Crippen LogP contribution in [0.4, 0.5) is 13.2 Å². The molecular weight excluding hydrogens is 217 g/mol. The second-order valence-corrected chi connectivity index (χ2v) is 2.26. The van der Waals surface area contributed by atoms with E-state index in [4.69, 9.17) is 0 Å². The van der Waals surface area contributed by atoms with Gasteiger partial charge in [0.05, 0.1) is 7.18 Å². The van der Waals surface area contributed by atoms with E-state index >= 15 is 0 Å². The molecule has 0 N–H and O–H groups in total. The van der Waals surface area contributed by atoms with Crippen LogP contribution in [0.3, 0.4) is 0 Å². The SMILES string of the molecule is C.C.C.C.CCCOCC(F)(F)CC.CF. The minimum Gasteiger partial charge on any atom is -0.375 e. The van der Waals surface area contributed by atoms with Crippen LogP contribution < -0.4 is 0 Å². The zero-order valence-corrected chi connectivity index (χ0v) is 7.87. The predicted molar refractivity (Wildman–Crippen MR) is 70.3 cm³/mol. The lowest BCUT2D eigenvalue weighted by molar-refractivity contribution is -0.0787. The molecule has 0 aromatic heterocycles. The fourth-order valence-corrected chi connectivity index (χ4v) is 0.468. The molecule has 0 saturated heterocycles. The number of ether oxygens (including phenoxy) is 1. The van der Waals surface area contributed by atoms with Gasteiger partial charge >= 0.3 is 0 Å². The summed E-state index contributed by atoms with van der Waals surface area (Å²) in [5.74, 6) is -2.63. The number of hydrogen-bond donors (Lipinski definition) is 0. The summed E-state index contributed by atoms with van der Waals surface area (Å²) in [6, 6.07) is 0. The second kappa shape index (κ2) is 24.1. The van der Waals surface area contributed by atoms with Crippen LogP contribution in [0.15, 0.2) is 0 Å². The van der Waals surface area contributed by atoms with Crippen molar-refractivity contribution in [2.45, 2.75) is 62.3 Å². The van der Waals surface area contributed by atoms with Crippen LogP contribution in [0, 0.1) is 0 Å². The first kappa shape index (κ1) is 36.0. The van der Waals surface area contributed by atoms with Crippen LogP contribution in [0.5, 0.6) is 0 Å². The van der Waals surface area contributed by atoms with Gasteiger partial charge in [-0.2, -0.15) is 0 Å². The maximum Gasteiger partial charge on any atom is 0.270 e. The lowest BCUT2D eigenvalue weighted by atomic mass is 10.3. The van der Waals surface area contributed by atoms with Gasteiger partial charge in [0.2, 0.25) is 0 Å². The molecule has 1 nitrogen and oxygen atoms in total. The standard InChI is InChI=1S/C7H14F2O.CH3F.4CH4/c1-3-5-10-6-7(8,9)4-2;1-2;;;;/h3-6H2,1-2H3;1H3;4*1H4. The zero-order valence-electron chi connectivity index (χ0n) is 7.87. The van der Waals surface area contributed by atoms with Crippen molar-refractivity contribution in [3.63, 3.8) is 0 Å². The normalized spacial score (nSPS) is 7.88. The van der Waals surface area contributed by atoms with E-state index in [0.717, 1.165) is 6.42 Å². The first-order valence-electron chi connectivity index (χ1n) is 3.95. The molecule has 0 heterocycles. The quantitative estimate of drug-likeness (QED) is 0.578. The van der Waals surface area contributed by atoms with Gasteiger partial charge in [-0.3, -0.25) is 4.39 Å². The van der Waals surface area contributed by atoms with Crippen molar-refractivity contribution in [3.8, 4) is 0 Å². The van der Waals surface area contributed by atoms with Crippen LogP contribution in [0.1, 0.15) is 56.4 Å². The molecule has 4 heteroatoms. The van der Waals surface area contributed by atoms with Crippen LogP contribution >= 0.6 is 0 Å². The molecule has 16 heavy (non-hydrogen) atoms. The Morgan fingerprint density at radius 1 is 0.938 bits per heavy atom. The average molecular weight is 250 g/mol. The molecule has 0 aliphatic heterocycles. The maximum atomic E-state index is 12.4. The summed E-state index contributed by atoms with van der Waals surface area (Å²) in [6.45, 7) is 3.34. The van der Waals surface area contributed by atoms with E-state index in [1.54, 1.807) is 0 Å². The van der Waals surface area contributed by atoms with Crippen LogP contribution in [-0.2, 0) is 4.74 Å². The molecule has 108 valence electrons. The van der Waals surface area contributed by atoms with E-state index in [0.29, 0.717) is 13.8 Å². The fraction of sp³-hybridized carbons (Fsp3) is 1.00. The summed E-state index contributed by atoms with van der Waals surface area (Å²) in [7, 11) is 0.500. The zero-order chi connectivity index (χ0) is 10.0. The largest absolute Gasteiger partial charge is 0.375 e. The molecular formula is C12H33F3O. The summed E-state index contributed by atoms with van der Waals surface area (Å²) in [5, 5.41) is 0. The Hall–Kier alpha value is -0.250. The highest BCUT2D eigenvalue weighted by atomic mass is 19.3. The van der Waals surface area contributed by atoms with Crippen molar-refractivity contribution >= 4 is 0 Å². The van der Waals surface area contributed by atoms with Gasteiger partial charge in [0.15, 0.2) is 0 Å². The van der Waals surface area contributed by atoms with Gasteiger partial charge in [-0.25, -0.2) is 8.78 Å². The summed E-state index contributed by atoms with van der Waals surface area (Å²) >= 11 is 0. The molecule has 0 aromatic rings. The molecule has 0 fully saturated rings. The van der Waals surface area contributed by atoms with Gasteiger partial charge in [-0.1, -0.05) is 43.6 Å². The topological polar surface area (TPSA) is 9.23 Å². The predicted octanol–water partition coefficient (Wildman–Crippen LogP) is 5.59. The third kappa shape index (κ3) is 29.2. The van der Waals surface area contributed by atoms with Crippen molar-refractivity contribution < 1.29 is 17.9 Å². The second-order valence-electron chi connectivity index (χ2n) is 2.26. The summed E-state index contributed by atoms with van der Waals surface area (Å²) in [6.07, 6.45) is 0.649. The Bertz CT molecular complexity index is 88.3. The molecule has 0 unspecified atom stereocenters. The molecule has 0 aliphatic rings. The van der Waals surface area contributed by atoms with Crippen LogP contribution in [-0.4, -0.2) is 26.3 Å². The minimum absolute atomic E-state index is 0. The van der Waals surface area contributed by atoms with Crippen LogP contribution in [0.25, 0.3) is 0 Å². The molecule has 0 rings (SSSR count). The highest BCUT2D eigenvalue weighted by molar-refractivity contribution is 4.60. The van der Waals surface area contributed by atoms with E-state index in [2.05, 4.69) is 4.74 Å². The van der Waals surface area contributed by atoms with Gasteiger partial charge in [-0.05, 0) is 6.42 Å². The van der Waals surface area contributed by atoms with E-state index in [-0.39, 0.29) is 36.1 Å². The molecule has 0 radical (unpaired) electrons. The lowest BCUT2D eigenvalue weighted by Crippen LogP contribution is -2.22. The van der Waals surface area contributed by atoms with Crippen molar-refractivity contribution in [1.82, 2.24) is 0 Å². The molecule has 0 amide bonds. The Kier molecular flexibility index (Phi) is 54.4. The highest BCUT2D eigenvalue weighted by Crippen LogP contribution is 2.17. The van der Waals surface area contributed by atoms with Gasteiger partial charge in [0.1, 0.15) is 6.61 Å². The van der Waals surface area contributed by atoms with Crippen molar-refractivity contribution in [3.05, 3.63) is 0 Å². The Labute approximate surface area is 101 Å². The van der Waals surface area contributed by atoms with E-state index in [9.17, 15) is 13.2 Å². The van der Waals surface area contributed by atoms with E-state index in [1.165, 1.54) is 6.92 Å². The van der Waals surface area contributed by atoms with Crippen molar-refractivity contribution in [1.29, 1.82) is 0 Å². The van der Waals surface area contributed by atoms with Gasteiger partial charge in [0.25, 0.3) is 5.92 Å². The number of rotatable bonds is 5. The highest BCUT2D eigenvalue weighted by Gasteiger charge is 2.25. The maximum absolute atomic E-state index is 12.4. The Morgan fingerprint density at radius 3 is 1.56 bits per heavy atom. The third-order valence-corrected chi connectivity index (χ3v) is 1.18. The lowest BCUT2D eigenvalue weighted by Gasteiger charge is -2.12. The molecule has 0 aliphatic carbocycles. The third-order valence-electron chi connectivity index (χ3n) is 1.18. The monoisotopic (exact) mass is 250 g/mol. The summed E-state index contributed by atoms with van der Waals surface area (Å²) in [4.78, 5) is 0. The van der Waals surface area contributed by atoms with E-state index < -0.39 is 12.5 Å². The van der Waals surface area contributed by atoms with Crippen LogP contribution in [0.2, 0.25) is 0 Å². The molecule has 0 spiro atoms. The van der Waals surface area contributed by atoms with Gasteiger partial charge in [-0.15, -0.1) is 0 Å². The molecule has 0 saturated carbocycles. The van der Waals surface area contributed by atoms with Crippen molar-refractivity contribution in [2.75, 3.05) is 20.4 Å². The number of halogens is 3. The Morgan fingerprint density at radius 2 is 1.31 bits per heavy atom. The number of hydrogen-bond acceptors (Lipinski definition) is 1. The summed E-state index contributed by atoms with van der Waals surface area (Å²) < 4.78 is 38.9. The van der Waals surface area contributed by atoms with Gasteiger partial charge in [0, 0.05) is 13.0 Å². The van der Waals surface area contributed by atoms with Gasteiger partial charge < -0.3 is 4.74 Å². The Balaban J connectivity index is -0.0000000393. The summed E-state index contributed by atoms with van der Waals surface area (Å²) in [5.41, 5.74) is 0. The fourth-order valence-electron chi connectivity index (χ4n) is 0.468. The number of alkyl halides is 3. The molecule has 0 atom stereocenters.